The van der Waals surface area contributed by atoms with E-state index in [-0.39, 0.29) is 0 Å². The first-order valence-corrected chi connectivity index (χ1v) is 8.79. The Morgan fingerprint density at radius 1 is 0.706 bits per heavy atom. The monoisotopic (exact) mass is 282 g/mol. The molecule has 0 radical (unpaired) electrons. The van der Waals surface area contributed by atoms with Gasteiger partial charge >= 0.3 is 17.6 Å². The molecule has 0 saturated heterocycles. The highest BCUT2D eigenvalue weighted by molar-refractivity contribution is 6.66. The maximum Gasteiger partial charge on any atom is 0.528 e. The number of rotatable bonds is 9. The fourth-order valence-electron chi connectivity index (χ4n) is 1.30. The van der Waals surface area contributed by atoms with Crippen molar-refractivity contribution < 1.29 is 26.6 Å². The van der Waals surface area contributed by atoms with Crippen LogP contribution in [0.5, 0.6) is 0 Å². The minimum Gasteiger partial charge on any atom is -0.377 e. The number of hydrogen-bond acceptors (Lipinski definition) is 6. The molecule has 0 saturated carbocycles. The van der Waals surface area contributed by atoms with Gasteiger partial charge in [0.2, 0.25) is 0 Å². The minimum absolute atomic E-state index is 0.529. The van der Waals surface area contributed by atoms with Crippen LogP contribution in [0.15, 0.2) is 11.8 Å². The van der Waals surface area contributed by atoms with Gasteiger partial charge in [-0.05, 0) is 5.70 Å². The van der Waals surface area contributed by atoms with Gasteiger partial charge in [0.25, 0.3) is 0 Å². The van der Waals surface area contributed by atoms with Crippen molar-refractivity contribution >= 4 is 17.6 Å². The summed E-state index contributed by atoms with van der Waals surface area (Å²) in [6.07, 6.45) is 1.85. The van der Waals surface area contributed by atoms with Crippen LogP contribution in [0.2, 0.25) is 6.04 Å². The van der Waals surface area contributed by atoms with Crippen molar-refractivity contribution in [3.8, 4) is 0 Å². The summed E-state index contributed by atoms with van der Waals surface area (Å²) in [5.41, 5.74) is 1.78. The van der Waals surface area contributed by atoms with Gasteiger partial charge in [-0.2, -0.15) is 0 Å². The van der Waals surface area contributed by atoms with Crippen LogP contribution >= 0.6 is 0 Å². The Morgan fingerprint density at radius 3 is 1.41 bits per heavy atom. The van der Waals surface area contributed by atoms with Crippen molar-refractivity contribution in [3.05, 3.63) is 11.8 Å². The minimum atomic E-state index is -2.68. The maximum atomic E-state index is 5.29. The van der Waals surface area contributed by atoms with E-state index in [1.54, 1.807) is 48.4 Å². The molecule has 102 valence electrons. The quantitative estimate of drug-likeness (QED) is 0.584. The van der Waals surface area contributed by atoms with Gasteiger partial charge in [0.05, 0.1) is 0 Å². The summed E-state index contributed by atoms with van der Waals surface area (Å²) in [5.74, 6) is 0. The predicted octanol–water partition coefficient (Wildman–Crippen LogP) is 0.838. The van der Waals surface area contributed by atoms with Crippen LogP contribution in [-0.2, 0) is 26.6 Å². The molecule has 0 aromatic heterocycles. The highest BCUT2D eigenvalue weighted by Crippen LogP contribution is 2.15. The third-order valence-corrected chi connectivity index (χ3v) is 7.43. The highest BCUT2D eigenvalue weighted by atomic mass is 28.4. The Balaban J connectivity index is 4.61. The molecule has 0 fully saturated rings. The zero-order valence-corrected chi connectivity index (χ0v) is 13.3. The maximum absolute atomic E-state index is 5.29. The molecule has 0 aliphatic heterocycles. The predicted molar refractivity (Wildman–Crippen MR) is 67.5 cm³/mol. The molecule has 0 aromatic carbocycles. The smallest absolute Gasteiger partial charge is 0.377 e. The van der Waals surface area contributed by atoms with Gasteiger partial charge in [0.1, 0.15) is 0 Å². The lowest BCUT2D eigenvalue weighted by atomic mass is 10.8. The molecule has 0 aliphatic carbocycles. The van der Waals surface area contributed by atoms with Gasteiger partial charge < -0.3 is 26.6 Å². The summed E-state index contributed by atoms with van der Waals surface area (Å²) in [6.45, 7) is 0. The number of hydrogen-bond donors (Lipinski definition) is 0. The molecule has 0 aromatic rings. The van der Waals surface area contributed by atoms with Crippen LogP contribution < -0.4 is 0 Å². The molecular formula is C9H22O6Si2. The largest absolute Gasteiger partial charge is 0.528 e. The summed E-state index contributed by atoms with van der Waals surface area (Å²) >= 11 is 0. The van der Waals surface area contributed by atoms with Crippen LogP contribution in [-0.4, -0.2) is 60.3 Å². The third-order valence-electron chi connectivity index (χ3n) is 2.48. The molecule has 0 bridgehead atoms. The SMILES string of the molecule is CO[Si](C=CC[Si](OC)(OC)OC)(OC)OC. The Morgan fingerprint density at radius 2 is 1.12 bits per heavy atom. The zero-order valence-electron chi connectivity index (χ0n) is 11.3. The van der Waals surface area contributed by atoms with Gasteiger partial charge in [0.15, 0.2) is 0 Å². The summed E-state index contributed by atoms with van der Waals surface area (Å²) in [4.78, 5) is 0. The van der Waals surface area contributed by atoms with E-state index in [2.05, 4.69) is 0 Å². The lowest BCUT2D eigenvalue weighted by Gasteiger charge is -2.24. The Labute approximate surface area is 105 Å². The normalized spacial score (nSPS) is 13.5. The van der Waals surface area contributed by atoms with Crippen molar-refractivity contribution in [2.24, 2.45) is 0 Å². The van der Waals surface area contributed by atoms with Crippen molar-refractivity contribution in [3.63, 3.8) is 0 Å². The lowest BCUT2D eigenvalue weighted by molar-refractivity contribution is 0.127. The van der Waals surface area contributed by atoms with Crippen molar-refractivity contribution in [2.45, 2.75) is 6.04 Å². The molecule has 0 spiro atoms. The summed E-state index contributed by atoms with van der Waals surface area (Å²) in [5, 5.41) is 0. The second-order valence-corrected chi connectivity index (χ2v) is 8.88. The second-order valence-electron chi connectivity index (χ2n) is 3.12. The second kappa shape index (κ2) is 8.11. The van der Waals surface area contributed by atoms with E-state index in [4.69, 9.17) is 26.6 Å². The molecule has 0 unspecified atom stereocenters. The van der Waals surface area contributed by atoms with Gasteiger partial charge in [0, 0.05) is 48.7 Å². The summed E-state index contributed by atoms with van der Waals surface area (Å²) in [7, 11) is 4.10. The van der Waals surface area contributed by atoms with Crippen LogP contribution in [0.3, 0.4) is 0 Å². The first-order valence-electron chi connectivity index (χ1n) is 5.06. The standard InChI is InChI=1S/C9H22O6Si2/c1-10-16(11-2,12-3)8-7-9-17(13-4,14-5)15-6/h7-8H,9H2,1-6H3. The van der Waals surface area contributed by atoms with Gasteiger partial charge in [-0.25, -0.2) is 0 Å². The average molecular weight is 282 g/mol. The molecule has 0 aliphatic rings. The first kappa shape index (κ1) is 16.9. The van der Waals surface area contributed by atoms with E-state index < -0.39 is 17.6 Å². The van der Waals surface area contributed by atoms with Crippen LogP contribution in [0.25, 0.3) is 0 Å². The lowest BCUT2D eigenvalue weighted by Crippen LogP contribution is -2.43. The van der Waals surface area contributed by atoms with Crippen LogP contribution in [0, 0.1) is 0 Å². The summed E-state index contributed by atoms with van der Waals surface area (Å²) in [6, 6.07) is 0.529. The van der Waals surface area contributed by atoms with E-state index >= 15 is 0 Å². The molecular weight excluding hydrogens is 260 g/mol. The number of allylic oxidation sites excluding steroid dienone is 1. The van der Waals surface area contributed by atoms with Gasteiger partial charge in [-0.1, -0.05) is 6.08 Å². The molecule has 0 atom stereocenters. The van der Waals surface area contributed by atoms with Crippen LogP contribution in [0.1, 0.15) is 0 Å². The molecule has 8 heteroatoms. The van der Waals surface area contributed by atoms with E-state index in [1.807, 2.05) is 6.08 Å². The fourth-order valence-corrected chi connectivity index (χ4v) is 4.26. The Kier molecular flexibility index (Phi) is 8.08. The van der Waals surface area contributed by atoms with Crippen LogP contribution in [0.4, 0.5) is 0 Å². The van der Waals surface area contributed by atoms with Crippen molar-refractivity contribution in [1.29, 1.82) is 0 Å². The Bertz CT molecular complexity index is 211. The molecule has 0 amide bonds. The zero-order chi connectivity index (χ0) is 13.4. The van der Waals surface area contributed by atoms with E-state index in [1.165, 1.54) is 0 Å². The van der Waals surface area contributed by atoms with Gasteiger partial charge in [-0.15, -0.1) is 0 Å². The Hall–Kier alpha value is -0.0662. The molecule has 0 heterocycles. The third kappa shape index (κ3) is 4.60. The molecule has 6 nitrogen and oxygen atoms in total. The molecule has 0 rings (SSSR count). The topological polar surface area (TPSA) is 55.4 Å². The van der Waals surface area contributed by atoms with E-state index in [0.717, 1.165) is 0 Å². The van der Waals surface area contributed by atoms with E-state index in [9.17, 15) is 0 Å². The fraction of sp³-hybridized carbons (Fsp3) is 0.778. The van der Waals surface area contributed by atoms with Crippen molar-refractivity contribution in [2.75, 3.05) is 42.7 Å². The van der Waals surface area contributed by atoms with Crippen molar-refractivity contribution in [1.82, 2.24) is 0 Å². The highest BCUT2D eigenvalue weighted by Gasteiger charge is 2.38. The first-order chi connectivity index (χ1) is 8.07. The molecule has 17 heavy (non-hydrogen) atoms. The van der Waals surface area contributed by atoms with E-state index in [0.29, 0.717) is 6.04 Å². The molecule has 0 N–H and O–H groups in total. The average Bonchev–Trinajstić information content (AvgIpc) is 2.41. The summed E-state index contributed by atoms with van der Waals surface area (Å²) < 4.78 is 31.6. The van der Waals surface area contributed by atoms with Gasteiger partial charge in [-0.3, -0.25) is 0 Å².